The molecule has 1 aliphatic heterocycles. The number of unbranched alkanes of at least 4 members (excludes halogenated alkanes) is 1. The monoisotopic (exact) mass is 245 g/mol. The number of hydrogen-bond donors (Lipinski definition) is 4. The van der Waals surface area contributed by atoms with Gasteiger partial charge in [0.1, 0.15) is 6.04 Å². The average Bonchev–Trinajstić information content (AvgIpc) is 2.63. The number of carbonyl (C=O) groups is 3. The molecule has 98 valence electrons. The molecule has 7 nitrogen and oxygen atoms in total. The standard InChI is InChI=1S/C6H14N2O2.C4H5NO2/c7-4-2-1-3-5(8)6(9)10;6-3-1-2-4(7)5-3/h5H,1-4,7-8H2,(H,9,10);1-2H2,(H,5,6,7). The van der Waals surface area contributed by atoms with Crippen LogP contribution in [0.3, 0.4) is 0 Å². The molecule has 0 aromatic rings. The van der Waals surface area contributed by atoms with Crippen LogP contribution in [0.1, 0.15) is 32.1 Å². The molecule has 0 saturated carbocycles. The number of nitrogens with one attached hydrogen (secondary N) is 1. The number of amides is 2. The molecule has 0 radical (unpaired) electrons. The Bertz CT molecular complexity index is 267. The summed E-state index contributed by atoms with van der Waals surface area (Å²) >= 11 is 0. The zero-order valence-electron chi connectivity index (χ0n) is 9.65. The van der Waals surface area contributed by atoms with Crippen LogP contribution in [0, 0.1) is 0 Å². The Morgan fingerprint density at radius 2 is 1.82 bits per heavy atom. The van der Waals surface area contributed by atoms with E-state index in [-0.39, 0.29) is 11.8 Å². The number of imide groups is 1. The fourth-order valence-electron chi connectivity index (χ4n) is 1.14. The minimum absolute atomic E-state index is 0.148. The fourth-order valence-corrected chi connectivity index (χ4v) is 1.14. The first-order valence-corrected chi connectivity index (χ1v) is 5.48. The van der Waals surface area contributed by atoms with Crippen molar-refractivity contribution in [3.63, 3.8) is 0 Å². The van der Waals surface area contributed by atoms with Crippen molar-refractivity contribution in [2.75, 3.05) is 6.54 Å². The highest BCUT2D eigenvalue weighted by atomic mass is 16.4. The van der Waals surface area contributed by atoms with Crippen molar-refractivity contribution in [3.8, 4) is 0 Å². The molecule has 1 saturated heterocycles. The van der Waals surface area contributed by atoms with Gasteiger partial charge < -0.3 is 16.6 Å². The van der Waals surface area contributed by atoms with E-state index in [1.165, 1.54) is 0 Å². The predicted octanol–water partition coefficient (Wildman–Crippen LogP) is -1.05. The summed E-state index contributed by atoms with van der Waals surface area (Å²) in [6.45, 7) is 0.604. The Kier molecular flexibility index (Phi) is 7.91. The van der Waals surface area contributed by atoms with Crippen LogP contribution in [-0.2, 0) is 14.4 Å². The lowest BCUT2D eigenvalue weighted by Crippen LogP contribution is -2.29. The number of nitrogens with two attached hydrogens (primary N) is 2. The maximum atomic E-state index is 10.1. The average molecular weight is 245 g/mol. The maximum Gasteiger partial charge on any atom is 0.320 e. The number of carboxylic acid groups (broad SMARTS) is 1. The van der Waals surface area contributed by atoms with E-state index in [2.05, 4.69) is 5.32 Å². The van der Waals surface area contributed by atoms with Gasteiger partial charge in [-0.25, -0.2) is 0 Å². The van der Waals surface area contributed by atoms with Crippen molar-refractivity contribution in [1.29, 1.82) is 0 Å². The van der Waals surface area contributed by atoms with Crippen LogP contribution < -0.4 is 16.8 Å². The minimum Gasteiger partial charge on any atom is -0.480 e. The molecule has 1 heterocycles. The molecule has 1 atom stereocenters. The summed E-state index contributed by atoms with van der Waals surface area (Å²) in [4.78, 5) is 30.4. The van der Waals surface area contributed by atoms with Crippen LogP contribution in [0.5, 0.6) is 0 Å². The Morgan fingerprint density at radius 1 is 1.29 bits per heavy atom. The molecule has 0 bridgehead atoms. The highest BCUT2D eigenvalue weighted by Gasteiger charge is 2.15. The lowest BCUT2D eigenvalue weighted by Gasteiger charge is -2.03. The van der Waals surface area contributed by atoms with Gasteiger partial charge in [-0.15, -0.1) is 0 Å². The molecule has 1 fully saturated rings. The van der Waals surface area contributed by atoms with Crippen molar-refractivity contribution in [1.82, 2.24) is 5.32 Å². The van der Waals surface area contributed by atoms with Crippen LogP contribution in [0.15, 0.2) is 0 Å². The lowest BCUT2D eigenvalue weighted by atomic mass is 10.1. The summed E-state index contributed by atoms with van der Waals surface area (Å²) in [5, 5.41) is 10.5. The number of aliphatic carboxylic acids is 1. The zero-order chi connectivity index (χ0) is 13.3. The summed E-state index contributed by atoms with van der Waals surface area (Å²) in [5.74, 6) is -1.23. The second-order valence-electron chi connectivity index (χ2n) is 3.70. The molecule has 7 heteroatoms. The molecule has 2 amide bonds. The van der Waals surface area contributed by atoms with Crippen LogP contribution in [0.25, 0.3) is 0 Å². The van der Waals surface area contributed by atoms with Gasteiger partial charge >= 0.3 is 5.97 Å². The van der Waals surface area contributed by atoms with Crippen molar-refractivity contribution in [2.45, 2.75) is 38.1 Å². The molecule has 1 unspecified atom stereocenters. The maximum absolute atomic E-state index is 10.1. The number of carbonyl (C=O) groups excluding carboxylic acids is 2. The first kappa shape index (κ1) is 15.5. The summed E-state index contributed by atoms with van der Waals surface area (Å²) in [5.41, 5.74) is 10.4. The van der Waals surface area contributed by atoms with Gasteiger partial charge in [0, 0.05) is 12.8 Å². The summed E-state index contributed by atoms with van der Waals surface area (Å²) in [6.07, 6.45) is 2.91. The van der Waals surface area contributed by atoms with Gasteiger partial charge in [0.25, 0.3) is 0 Å². The van der Waals surface area contributed by atoms with E-state index in [4.69, 9.17) is 16.6 Å². The Balaban J connectivity index is 0.000000318. The van der Waals surface area contributed by atoms with Gasteiger partial charge in [-0.3, -0.25) is 19.7 Å². The van der Waals surface area contributed by atoms with Crippen molar-refractivity contribution < 1.29 is 19.5 Å². The lowest BCUT2D eigenvalue weighted by molar-refractivity contribution is -0.138. The Labute approximate surface area is 99.5 Å². The second-order valence-corrected chi connectivity index (χ2v) is 3.70. The number of rotatable bonds is 5. The Morgan fingerprint density at radius 3 is 2.12 bits per heavy atom. The van der Waals surface area contributed by atoms with E-state index in [1.807, 2.05) is 0 Å². The number of hydrogen-bond acceptors (Lipinski definition) is 5. The topological polar surface area (TPSA) is 136 Å². The molecular weight excluding hydrogens is 226 g/mol. The predicted molar refractivity (Wildman–Crippen MR) is 60.9 cm³/mol. The SMILES string of the molecule is NCCCCC(N)C(=O)O.O=C1CCC(=O)N1. The normalized spacial score (nSPS) is 15.9. The smallest absolute Gasteiger partial charge is 0.320 e. The number of carboxylic acids is 1. The Hall–Kier alpha value is -1.47. The molecule has 1 aliphatic rings. The molecule has 0 aromatic heterocycles. The van der Waals surface area contributed by atoms with E-state index < -0.39 is 12.0 Å². The molecule has 6 N–H and O–H groups in total. The highest BCUT2D eigenvalue weighted by Crippen LogP contribution is 1.97. The molecule has 0 aromatic carbocycles. The quantitative estimate of drug-likeness (QED) is 0.360. The van der Waals surface area contributed by atoms with Crippen LogP contribution in [0.2, 0.25) is 0 Å². The van der Waals surface area contributed by atoms with Crippen LogP contribution in [0.4, 0.5) is 0 Å². The third-order valence-electron chi connectivity index (χ3n) is 2.14. The molecular formula is C10H19N3O4. The summed E-state index contributed by atoms with van der Waals surface area (Å²) in [6, 6.07) is -0.716. The summed E-state index contributed by atoms with van der Waals surface area (Å²) < 4.78 is 0. The van der Waals surface area contributed by atoms with Crippen LogP contribution >= 0.6 is 0 Å². The fraction of sp³-hybridized carbons (Fsp3) is 0.700. The zero-order valence-corrected chi connectivity index (χ0v) is 9.65. The van der Waals surface area contributed by atoms with E-state index in [1.54, 1.807) is 0 Å². The highest BCUT2D eigenvalue weighted by molar-refractivity contribution is 6.01. The molecule has 17 heavy (non-hydrogen) atoms. The van der Waals surface area contributed by atoms with Gasteiger partial charge in [0.15, 0.2) is 0 Å². The summed E-state index contributed by atoms with van der Waals surface area (Å²) in [7, 11) is 0. The third-order valence-corrected chi connectivity index (χ3v) is 2.14. The van der Waals surface area contributed by atoms with Crippen molar-refractivity contribution >= 4 is 17.8 Å². The molecule has 0 spiro atoms. The van der Waals surface area contributed by atoms with E-state index in [9.17, 15) is 14.4 Å². The van der Waals surface area contributed by atoms with Crippen molar-refractivity contribution in [2.24, 2.45) is 11.5 Å². The van der Waals surface area contributed by atoms with Gasteiger partial charge in [0.05, 0.1) is 0 Å². The van der Waals surface area contributed by atoms with E-state index in [0.717, 1.165) is 12.8 Å². The van der Waals surface area contributed by atoms with Crippen molar-refractivity contribution in [3.05, 3.63) is 0 Å². The first-order chi connectivity index (χ1) is 7.97. The van der Waals surface area contributed by atoms with Gasteiger partial charge in [-0.05, 0) is 19.4 Å². The van der Waals surface area contributed by atoms with Gasteiger partial charge in [-0.2, -0.15) is 0 Å². The molecule has 1 rings (SSSR count). The third kappa shape index (κ3) is 8.35. The van der Waals surface area contributed by atoms with Gasteiger partial charge in [-0.1, -0.05) is 6.42 Å². The van der Waals surface area contributed by atoms with E-state index in [0.29, 0.717) is 25.8 Å². The first-order valence-electron chi connectivity index (χ1n) is 5.48. The minimum atomic E-state index is -0.933. The molecule has 0 aliphatic carbocycles. The van der Waals surface area contributed by atoms with E-state index >= 15 is 0 Å². The van der Waals surface area contributed by atoms with Crippen LogP contribution in [-0.4, -0.2) is 35.5 Å². The van der Waals surface area contributed by atoms with Gasteiger partial charge in [0.2, 0.25) is 11.8 Å². The largest absolute Gasteiger partial charge is 0.480 e. The second kappa shape index (κ2) is 8.66.